The van der Waals surface area contributed by atoms with Crippen molar-refractivity contribution in [3.05, 3.63) is 46.6 Å². The zero-order valence-corrected chi connectivity index (χ0v) is 9.77. The Kier molecular flexibility index (Phi) is 3.06. The molecule has 2 aromatic rings. The molecule has 0 aliphatic rings. The third-order valence-electron chi connectivity index (χ3n) is 2.43. The Morgan fingerprint density at radius 1 is 1.24 bits per heavy atom. The highest BCUT2D eigenvalue weighted by molar-refractivity contribution is 6.31. The minimum Gasteiger partial charge on any atom is -0.476 e. The maximum absolute atomic E-state index is 10.6. The fraction of sp³-hybridized carbons (Fsp3) is 0.0833. The lowest BCUT2D eigenvalue weighted by Crippen LogP contribution is -2.02. The Hall–Kier alpha value is -1.94. The van der Waals surface area contributed by atoms with Gasteiger partial charge in [-0.25, -0.2) is 4.79 Å². The van der Waals surface area contributed by atoms with Crippen LogP contribution in [0.15, 0.2) is 30.3 Å². The van der Waals surface area contributed by atoms with E-state index in [2.05, 4.69) is 10.2 Å². The molecule has 1 N–H and O–H groups in total. The van der Waals surface area contributed by atoms with Gasteiger partial charge >= 0.3 is 5.97 Å². The summed E-state index contributed by atoms with van der Waals surface area (Å²) in [6, 6.07) is 8.52. The smallest absolute Gasteiger partial charge is 0.356 e. The van der Waals surface area contributed by atoms with E-state index in [0.717, 1.165) is 11.1 Å². The van der Waals surface area contributed by atoms with Crippen molar-refractivity contribution < 1.29 is 9.90 Å². The second-order valence-corrected chi connectivity index (χ2v) is 3.93. The third kappa shape index (κ3) is 2.26. The molecule has 1 aromatic heterocycles. The van der Waals surface area contributed by atoms with Gasteiger partial charge in [0.15, 0.2) is 5.69 Å². The van der Waals surface area contributed by atoms with Gasteiger partial charge < -0.3 is 5.11 Å². The lowest BCUT2D eigenvalue weighted by Gasteiger charge is -2.05. The van der Waals surface area contributed by atoms with E-state index in [1.807, 2.05) is 19.1 Å². The van der Waals surface area contributed by atoms with Gasteiger partial charge in [0.05, 0.1) is 5.69 Å². The van der Waals surface area contributed by atoms with E-state index >= 15 is 0 Å². The van der Waals surface area contributed by atoms with E-state index < -0.39 is 5.97 Å². The van der Waals surface area contributed by atoms with Crippen LogP contribution in [0.2, 0.25) is 5.02 Å². The third-order valence-corrected chi connectivity index (χ3v) is 2.84. The summed E-state index contributed by atoms with van der Waals surface area (Å²) >= 11 is 6.00. The summed E-state index contributed by atoms with van der Waals surface area (Å²) in [5.74, 6) is -1.09. The molecule has 0 saturated carbocycles. The van der Waals surface area contributed by atoms with Crippen LogP contribution in [0.5, 0.6) is 0 Å². The van der Waals surface area contributed by atoms with Crippen LogP contribution in [0.1, 0.15) is 16.1 Å². The first-order valence-corrected chi connectivity index (χ1v) is 5.30. The summed E-state index contributed by atoms with van der Waals surface area (Å²) in [6.45, 7) is 1.88. The van der Waals surface area contributed by atoms with Gasteiger partial charge in [0, 0.05) is 10.6 Å². The standard InChI is InChI=1S/C12H9ClN2O2/c1-7-8(3-2-4-9(7)13)10-5-6-11(12(16)17)15-14-10/h2-6H,1H3,(H,16,17). The van der Waals surface area contributed by atoms with Gasteiger partial charge in [-0.05, 0) is 30.7 Å². The Morgan fingerprint density at radius 2 is 2.00 bits per heavy atom. The highest BCUT2D eigenvalue weighted by Gasteiger charge is 2.09. The Bertz CT molecular complexity index is 567. The van der Waals surface area contributed by atoms with E-state index in [9.17, 15) is 4.79 Å². The lowest BCUT2D eigenvalue weighted by atomic mass is 10.1. The number of nitrogens with zero attached hydrogens (tertiary/aromatic N) is 2. The molecule has 0 aliphatic heterocycles. The summed E-state index contributed by atoms with van der Waals surface area (Å²) in [6.07, 6.45) is 0. The first kappa shape index (κ1) is 11.5. The molecule has 17 heavy (non-hydrogen) atoms. The normalized spacial score (nSPS) is 10.2. The second kappa shape index (κ2) is 4.51. The zero-order valence-electron chi connectivity index (χ0n) is 9.01. The van der Waals surface area contributed by atoms with Crippen molar-refractivity contribution in [3.8, 4) is 11.3 Å². The number of hydrogen-bond acceptors (Lipinski definition) is 3. The monoisotopic (exact) mass is 248 g/mol. The molecule has 1 heterocycles. The SMILES string of the molecule is Cc1c(Cl)cccc1-c1ccc(C(=O)O)nn1. The topological polar surface area (TPSA) is 63.1 Å². The highest BCUT2D eigenvalue weighted by atomic mass is 35.5. The molecular formula is C12H9ClN2O2. The Balaban J connectivity index is 2.47. The van der Waals surface area contributed by atoms with Gasteiger partial charge in [-0.1, -0.05) is 23.7 Å². The molecule has 0 unspecified atom stereocenters. The van der Waals surface area contributed by atoms with E-state index in [1.165, 1.54) is 6.07 Å². The van der Waals surface area contributed by atoms with Crippen LogP contribution in [-0.4, -0.2) is 21.3 Å². The first-order valence-electron chi connectivity index (χ1n) is 4.92. The molecule has 4 nitrogen and oxygen atoms in total. The summed E-state index contributed by atoms with van der Waals surface area (Å²) in [5.41, 5.74) is 2.27. The number of carboxylic acids is 1. The number of aromatic carboxylic acids is 1. The molecule has 0 spiro atoms. The predicted octanol–water partition coefficient (Wildman–Crippen LogP) is 2.80. The van der Waals surface area contributed by atoms with Gasteiger partial charge in [0.25, 0.3) is 0 Å². The maximum Gasteiger partial charge on any atom is 0.356 e. The van der Waals surface area contributed by atoms with Crippen molar-refractivity contribution in [1.29, 1.82) is 0 Å². The maximum atomic E-state index is 10.6. The highest BCUT2D eigenvalue weighted by Crippen LogP contribution is 2.26. The predicted molar refractivity (Wildman–Crippen MR) is 64.2 cm³/mol. The molecule has 0 atom stereocenters. The number of hydrogen-bond donors (Lipinski definition) is 1. The van der Waals surface area contributed by atoms with E-state index in [4.69, 9.17) is 16.7 Å². The average Bonchev–Trinajstić information content (AvgIpc) is 2.33. The van der Waals surface area contributed by atoms with E-state index in [-0.39, 0.29) is 5.69 Å². The summed E-state index contributed by atoms with van der Waals surface area (Å²) < 4.78 is 0. The van der Waals surface area contributed by atoms with Crippen molar-refractivity contribution in [2.75, 3.05) is 0 Å². The lowest BCUT2D eigenvalue weighted by molar-refractivity contribution is 0.0689. The van der Waals surface area contributed by atoms with Gasteiger partial charge in [0.2, 0.25) is 0 Å². The van der Waals surface area contributed by atoms with Gasteiger partial charge in [-0.3, -0.25) is 0 Å². The molecule has 0 saturated heterocycles. The van der Waals surface area contributed by atoms with Crippen LogP contribution >= 0.6 is 11.6 Å². The first-order chi connectivity index (χ1) is 8.09. The van der Waals surface area contributed by atoms with Crippen LogP contribution in [0, 0.1) is 6.92 Å². The molecule has 5 heteroatoms. The molecule has 2 rings (SSSR count). The Morgan fingerprint density at radius 3 is 2.59 bits per heavy atom. The number of benzene rings is 1. The summed E-state index contributed by atoms with van der Waals surface area (Å²) in [7, 11) is 0. The van der Waals surface area contributed by atoms with Gasteiger partial charge in [-0.2, -0.15) is 0 Å². The minimum atomic E-state index is -1.09. The molecule has 1 aromatic carbocycles. The van der Waals surface area contributed by atoms with Crippen molar-refractivity contribution in [2.45, 2.75) is 6.92 Å². The van der Waals surface area contributed by atoms with Gasteiger partial charge in [-0.15, -0.1) is 10.2 Å². The molecule has 0 amide bonds. The van der Waals surface area contributed by atoms with Gasteiger partial charge in [0.1, 0.15) is 0 Å². The number of carboxylic acid groups (broad SMARTS) is 1. The molecule has 0 fully saturated rings. The molecular weight excluding hydrogens is 240 g/mol. The van der Waals surface area contributed by atoms with Crippen LogP contribution in [0.4, 0.5) is 0 Å². The van der Waals surface area contributed by atoms with E-state index in [1.54, 1.807) is 12.1 Å². The zero-order chi connectivity index (χ0) is 12.4. The summed E-state index contributed by atoms with van der Waals surface area (Å²) in [4.78, 5) is 10.6. The average molecular weight is 249 g/mol. The van der Waals surface area contributed by atoms with Crippen molar-refractivity contribution >= 4 is 17.6 Å². The molecule has 0 aliphatic carbocycles. The van der Waals surface area contributed by atoms with E-state index in [0.29, 0.717) is 10.7 Å². The number of carbonyl (C=O) groups is 1. The number of aromatic nitrogens is 2. The van der Waals surface area contributed by atoms with Crippen molar-refractivity contribution in [1.82, 2.24) is 10.2 Å². The second-order valence-electron chi connectivity index (χ2n) is 3.52. The largest absolute Gasteiger partial charge is 0.476 e. The summed E-state index contributed by atoms with van der Waals surface area (Å²) in [5, 5.41) is 16.9. The van der Waals surface area contributed by atoms with Crippen LogP contribution in [0.25, 0.3) is 11.3 Å². The Labute approximate surface area is 103 Å². The number of halogens is 1. The van der Waals surface area contributed by atoms with Crippen LogP contribution < -0.4 is 0 Å². The van der Waals surface area contributed by atoms with Crippen LogP contribution in [-0.2, 0) is 0 Å². The molecule has 0 radical (unpaired) electrons. The van der Waals surface area contributed by atoms with Crippen molar-refractivity contribution in [3.63, 3.8) is 0 Å². The molecule has 86 valence electrons. The minimum absolute atomic E-state index is 0.0755. The van der Waals surface area contributed by atoms with Crippen LogP contribution in [0.3, 0.4) is 0 Å². The quantitative estimate of drug-likeness (QED) is 0.888. The fourth-order valence-electron chi connectivity index (χ4n) is 1.47. The molecule has 0 bridgehead atoms. The van der Waals surface area contributed by atoms with Crippen molar-refractivity contribution in [2.24, 2.45) is 0 Å². The fourth-order valence-corrected chi connectivity index (χ4v) is 1.65. The number of rotatable bonds is 2.